The van der Waals surface area contributed by atoms with Crippen molar-refractivity contribution in [2.45, 2.75) is 59.2 Å². The summed E-state index contributed by atoms with van der Waals surface area (Å²) < 4.78 is 1.68. The van der Waals surface area contributed by atoms with Crippen LogP contribution in [0.3, 0.4) is 0 Å². The summed E-state index contributed by atoms with van der Waals surface area (Å²) in [5.74, 6) is -0.426. The molecule has 3 heterocycles. The van der Waals surface area contributed by atoms with Crippen LogP contribution >= 0.6 is 11.3 Å². The Morgan fingerprint density at radius 1 is 1.16 bits per heavy atom. The maximum absolute atomic E-state index is 13.8. The van der Waals surface area contributed by atoms with Crippen LogP contribution < -0.4 is 10.2 Å². The molecule has 0 bridgehead atoms. The van der Waals surface area contributed by atoms with E-state index >= 15 is 0 Å². The molecule has 3 aromatic rings. The van der Waals surface area contributed by atoms with Gasteiger partial charge in [-0.25, -0.2) is 0 Å². The molecule has 1 N–H and O–H groups in total. The van der Waals surface area contributed by atoms with Crippen LogP contribution in [0.15, 0.2) is 41.8 Å². The zero-order chi connectivity index (χ0) is 22.6. The summed E-state index contributed by atoms with van der Waals surface area (Å²) in [4.78, 5) is 30.0. The third-order valence-corrected chi connectivity index (χ3v) is 6.26. The molecule has 31 heavy (non-hydrogen) atoms. The van der Waals surface area contributed by atoms with Crippen molar-refractivity contribution >= 4 is 28.8 Å². The topological polar surface area (TPSA) is 67.2 Å². The van der Waals surface area contributed by atoms with Crippen molar-refractivity contribution in [2.24, 2.45) is 0 Å². The van der Waals surface area contributed by atoms with Gasteiger partial charge in [0.1, 0.15) is 16.9 Å². The highest BCUT2D eigenvalue weighted by molar-refractivity contribution is 7.13. The third-order valence-electron chi connectivity index (χ3n) is 5.37. The quantitative estimate of drug-likeness (QED) is 0.654. The number of hydrogen-bond acceptors (Lipinski definition) is 4. The molecule has 1 aliphatic rings. The van der Waals surface area contributed by atoms with Gasteiger partial charge in [-0.2, -0.15) is 5.10 Å². The van der Waals surface area contributed by atoms with Crippen LogP contribution in [0.1, 0.15) is 49.3 Å². The third kappa shape index (κ3) is 3.90. The standard InChI is InChI=1S/C24H28N4O2S/c1-15-10-16(2)12-17(11-15)28-21(29)19-13-18(20-8-7-9-31-20)26-27(19)14-24(28,6)22(30)25-23(3,4)5/h7-13H,14H2,1-6H3,(H,25,30)/t24-/m0/s1. The fourth-order valence-electron chi connectivity index (χ4n) is 4.09. The molecule has 162 valence electrons. The van der Waals surface area contributed by atoms with Crippen molar-refractivity contribution in [3.63, 3.8) is 0 Å². The Hall–Kier alpha value is -2.93. The van der Waals surface area contributed by atoms with E-state index < -0.39 is 11.1 Å². The van der Waals surface area contributed by atoms with E-state index in [-0.39, 0.29) is 18.4 Å². The van der Waals surface area contributed by atoms with Gasteiger partial charge in [0.05, 0.1) is 11.4 Å². The summed E-state index contributed by atoms with van der Waals surface area (Å²) in [7, 11) is 0. The number of carbonyl (C=O) groups excluding carboxylic acids is 2. The Morgan fingerprint density at radius 3 is 2.42 bits per heavy atom. The second kappa shape index (κ2) is 7.34. The number of rotatable bonds is 3. The Bertz CT molecular complexity index is 1140. The van der Waals surface area contributed by atoms with Crippen LogP contribution in [-0.2, 0) is 11.3 Å². The summed E-state index contributed by atoms with van der Waals surface area (Å²) >= 11 is 1.58. The molecule has 1 aromatic carbocycles. The Labute approximate surface area is 186 Å². The molecule has 7 heteroatoms. The van der Waals surface area contributed by atoms with Gasteiger partial charge in [0.15, 0.2) is 0 Å². The summed E-state index contributed by atoms with van der Waals surface area (Å²) in [6.45, 7) is 11.9. The number of carbonyl (C=O) groups is 2. The van der Waals surface area contributed by atoms with Gasteiger partial charge in [-0.3, -0.25) is 19.2 Å². The van der Waals surface area contributed by atoms with E-state index in [9.17, 15) is 9.59 Å². The molecule has 4 rings (SSSR count). The van der Waals surface area contributed by atoms with Crippen molar-refractivity contribution in [3.8, 4) is 10.6 Å². The first-order valence-corrected chi connectivity index (χ1v) is 11.2. The minimum atomic E-state index is -1.13. The Balaban J connectivity index is 1.87. The van der Waals surface area contributed by atoms with Crippen molar-refractivity contribution in [1.82, 2.24) is 15.1 Å². The van der Waals surface area contributed by atoms with Crippen LogP contribution in [0.5, 0.6) is 0 Å². The van der Waals surface area contributed by atoms with Gasteiger partial charge in [0.2, 0.25) is 5.91 Å². The molecule has 1 aliphatic heterocycles. The number of aromatic nitrogens is 2. The first-order valence-electron chi connectivity index (χ1n) is 10.4. The van der Waals surface area contributed by atoms with E-state index in [1.54, 1.807) is 20.9 Å². The predicted octanol–water partition coefficient (Wildman–Crippen LogP) is 4.56. The highest BCUT2D eigenvalue weighted by Gasteiger charge is 2.49. The van der Waals surface area contributed by atoms with Gasteiger partial charge in [0.25, 0.3) is 5.91 Å². The van der Waals surface area contributed by atoms with Gasteiger partial charge in [-0.1, -0.05) is 12.1 Å². The first kappa shape index (κ1) is 21.3. The SMILES string of the molecule is Cc1cc(C)cc(N2C(=O)c3cc(-c4cccs4)nn3C[C@@]2(C)C(=O)NC(C)(C)C)c1. The number of hydrogen-bond donors (Lipinski definition) is 1. The highest BCUT2D eigenvalue weighted by Crippen LogP contribution is 2.36. The van der Waals surface area contributed by atoms with Gasteiger partial charge >= 0.3 is 0 Å². The lowest BCUT2D eigenvalue weighted by atomic mass is 9.92. The number of benzene rings is 1. The average Bonchev–Trinajstić information content (AvgIpc) is 3.28. The molecule has 0 fully saturated rings. The summed E-state index contributed by atoms with van der Waals surface area (Å²) in [6.07, 6.45) is 0. The number of thiophene rings is 1. The van der Waals surface area contributed by atoms with E-state index in [0.29, 0.717) is 5.69 Å². The molecule has 0 spiro atoms. The molecule has 0 saturated carbocycles. The molecule has 2 aromatic heterocycles. The highest BCUT2D eigenvalue weighted by atomic mass is 32.1. The van der Waals surface area contributed by atoms with Crippen molar-refractivity contribution in [3.05, 3.63) is 58.6 Å². The van der Waals surface area contributed by atoms with E-state index in [1.807, 2.05) is 77.3 Å². The van der Waals surface area contributed by atoms with Crippen LogP contribution in [0.2, 0.25) is 0 Å². The van der Waals surface area contributed by atoms with Crippen molar-refractivity contribution < 1.29 is 9.59 Å². The second-order valence-electron chi connectivity index (χ2n) is 9.51. The Kier molecular flexibility index (Phi) is 5.04. The lowest BCUT2D eigenvalue weighted by Crippen LogP contribution is -2.66. The van der Waals surface area contributed by atoms with Crippen LogP contribution in [0, 0.1) is 13.8 Å². The van der Waals surface area contributed by atoms with E-state index in [1.165, 1.54) is 0 Å². The smallest absolute Gasteiger partial charge is 0.277 e. The summed E-state index contributed by atoms with van der Waals surface area (Å²) in [6, 6.07) is 11.7. The second-order valence-corrected chi connectivity index (χ2v) is 10.5. The number of nitrogens with one attached hydrogen (secondary N) is 1. The number of fused-ring (bicyclic) bond motifs is 1. The van der Waals surface area contributed by atoms with Crippen LogP contribution in [0.4, 0.5) is 5.69 Å². The number of amides is 2. The molecule has 0 radical (unpaired) electrons. The van der Waals surface area contributed by atoms with E-state index in [2.05, 4.69) is 16.5 Å². The summed E-state index contributed by atoms with van der Waals surface area (Å²) in [5, 5.41) is 9.74. The molecular weight excluding hydrogens is 408 g/mol. The van der Waals surface area contributed by atoms with Crippen LogP contribution in [0.25, 0.3) is 10.6 Å². The molecule has 1 atom stereocenters. The minimum absolute atomic E-state index is 0.202. The number of aryl methyl sites for hydroxylation is 2. The van der Waals surface area contributed by atoms with Gasteiger partial charge in [-0.05, 0) is 82.3 Å². The van der Waals surface area contributed by atoms with E-state index in [0.717, 1.165) is 27.4 Å². The monoisotopic (exact) mass is 436 g/mol. The molecular formula is C24H28N4O2S. The maximum atomic E-state index is 13.8. The van der Waals surface area contributed by atoms with Crippen LogP contribution in [-0.4, -0.2) is 32.7 Å². The van der Waals surface area contributed by atoms with Gasteiger partial charge in [-0.15, -0.1) is 11.3 Å². The fourth-order valence-corrected chi connectivity index (χ4v) is 4.77. The zero-order valence-corrected chi connectivity index (χ0v) is 19.6. The van der Waals surface area contributed by atoms with Gasteiger partial charge in [0, 0.05) is 11.2 Å². The zero-order valence-electron chi connectivity index (χ0n) is 18.8. The maximum Gasteiger partial charge on any atom is 0.277 e. The fraction of sp³-hybridized carbons (Fsp3) is 0.375. The minimum Gasteiger partial charge on any atom is -0.349 e. The number of anilines is 1. The number of nitrogens with zero attached hydrogens (tertiary/aromatic N) is 3. The molecule has 0 saturated heterocycles. The molecule has 0 aliphatic carbocycles. The normalized spacial score (nSPS) is 18.8. The molecule has 6 nitrogen and oxygen atoms in total. The first-order chi connectivity index (χ1) is 14.5. The molecule has 2 amide bonds. The lowest BCUT2D eigenvalue weighted by molar-refractivity contribution is -0.128. The van der Waals surface area contributed by atoms with Crippen molar-refractivity contribution in [1.29, 1.82) is 0 Å². The predicted molar refractivity (Wildman–Crippen MR) is 125 cm³/mol. The van der Waals surface area contributed by atoms with Crippen molar-refractivity contribution in [2.75, 3.05) is 4.90 Å². The van der Waals surface area contributed by atoms with E-state index in [4.69, 9.17) is 0 Å². The lowest BCUT2D eigenvalue weighted by Gasteiger charge is -2.44. The summed E-state index contributed by atoms with van der Waals surface area (Å²) in [5.41, 5.74) is 2.49. The molecule has 0 unspecified atom stereocenters. The Morgan fingerprint density at radius 2 is 1.84 bits per heavy atom. The average molecular weight is 437 g/mol. The largest absolute Gasteiger partial charge is 0.349 e. The van der Waals surface area contributed by atoms with Gasteiger partial charge < -0.3 is 5.32 Å².